The molecule has 1 saturated heterocycles. The Hall–Kier alpha value is -2.00. The van der Waals surface area contributed by atoms with Gasteiger partial charge in [0, 0.05) is 24.8 Å². The third-order valence-corrected chi connectivity index (χ3v) is 4.00. The van der Waals surface area contributed by atoms with E-state index in [0.717, 1.165) is 5.69 Å². The summed E-state index contributed by atoms with van der Waals surface area (Å²) in [4.78, 5) is 13.1. The van der Waals surface area contributed by atoms with E-state index in [-0.39, 0.29) is 0 Å². The van der Waals surface area contributed by atoms with Gasteiger partial charge in [-0.05, 0) is 25.0 Å². The van der Waals surface area contributed by atoms with Crippen LogP contribution >= 0.6 is 0 Å². The van der Waals surface area contributed by atoms with Crippen molar-refractivity contribution in [3.63, 3.8) is 0 Å². The number of rotatable bonds is 5. The van der Waals surface area contributed by atoms with E-state index in [0.29, 0.717) is 19.4 Å². The number of carbonyl (C=O) groups is 1. The standard InChI is InChI=1S/C15H15F7N2O/c16-13(17,14(18,19)15(20,21)22)12(25)23-9-11-7-4-8-24(11)10-5-2-1-3-6-10/h1-3,5-6,11H,4,7-9H2,(H,23,25). The first-order valence-corrected chi connectivity index (χ1v) is 7.41. The molecule has 1 aromatic rings. The predicted molar refractivity (Wildman–Crippen MR) is 75.8 cm³/mol. The maximum absolute atomic E-state index is 13.3. The first-order chi connectivity index (χ1) is 11.5. The van der Waals surface area contributed by atoms with Crippen molar-refractivity contribution < 1.29 is 35.5 Å². The van der Waals surface area contributed by atoms with Gasteiger partial charge in [0.2, 0.25) is 0 Å². The molecule has 2 rings (SSSR count). The third-order valence-electron chi connectivity index (χ3n) is 4.00. The van der Waals surface area contributed by atoms with Gasteiger partial charge in [-0.25, -0.2) is 0 Å². The number of anilines is 1. The van der Waals surface area contributed by atoms with Gasteiger partial charge in [-0.3, -0.25) is 4.79 Å². The van der Waals surface area contributed by atoms with Crippen LogP contribution in [0, 0.1) is 0 Å². The van der Waals surface area contributed by atoms with E-state index in [1.807, 2.05) is 0 Å². The number of carbonyl (C=O) groups excluding carboxylic acids is 1. The molecule has 10 heteroatoms. The summed E-state index contributed by atoms with van der Waals surface area (Å²) in [5.74, 6) is -15.0. The molecule has 25 heavy (non-hydrogen) atoms. The third kappa shape index (κ3) is 3.67. The van der Waals surface area contributed by atoms with Gasteiger partial charge in [-0.15, -0.1) is 0 Å². The highest BCUT2D eigenvalue weighted by atomic mass is 19.4. The number of halogens is 7. The first-order valence-electron chi connectivity index (χ1n) is 7.41. The van der Waals surface area contributed by atoms with Crippen LogP contribution < -0.4 is 10.2 Å². The lowest BCUT2D eigenvalue weighted by molar-refractivity contribution is -0.344. The largest absolute Gasteiger partial charge is 0.460 e. The van der Waals surface area contributed by atoms with Gasteiger partial charge in [0.15, 0.2) is 0 Å². The SMILES string of the molecule is O=C(NCC1CCCN1c1ccccc1)C(F)(F)C(F)(F)C(F)(F)F. The number of nitrogens with one attached hydrogen (secondary N) is 1. The minimum Gasteiger partial charge on any atom is -0.367 e. The summed E-state index contributed by atoms with van der Waals surface area (Å²) in [6.45, 7) is 0.0942. The number of hydrogen-bond donors (Lipinski definition) is 1. The van der Waals surface area contributed by atoms with Gasteiger partial charge >= 0.3 is 18.0 Å². The number of benzene rings is 1. The summed E-state index contributed by atoms with van der Waals surface area (Å²) in [6, 6.07) is 8.25. The molecule has 1 unspecified atom stereocenters. The molecule has 1 N–H and O–H groups in total. The molecule has 0 saturated carbocycles. The lowest BCUT2D eigenvalue weighted by atomic mass is 10.1. The summed E-state index contributed by atoms with van der Waals surface area (Å²) >= 11 is 0. The lowest BCUT2D eigenvalue weighted by Gasteiger charge is -2.30. The predicted octanol–water partition coefficient (Wildman–Crippen LogP) is 3.60. The van der Waals surface area contributed by atoms with E-state index in [2.05, 4.69) is 0 Å². The zero-order chi connectivity index (χ0) is 18.9. The second-order valence-electron chi connectivity index (χ2n) is 5.68. The van der Waals surface area contributed by atoms with Crippen molar-refractivity contribution in [2.24, 2.45) is 0 Å². The van der Waals surface area contributed by atoms with Crippen molar-refractivity contribution in [1.82, 2.24) is 5.32 Å². The maximum atomic E-state index is 13.3. The molecule has 1 aromatic carbocycles. The number of amides is 1. The minimum absolute atomic E-state index is 0.461. The van der Waals surface area contributed by atoms with E-state index in [9.17, 15) is 35.5 Å². The van der Waals surface area contributed by atoms with Crippen molar-refractivity contribution in [3.8, 4) is 0 Å². The fourth-order valence-corrected chi connectivity index (χ4v) is 2.65. The van der Waals surface area contributed by atoms with Crippen molar-refractivity contribution in [2.75, 3.05) is 18.0 Å². The Morgan fingerprint density at radius 1 is 1.08 bits per heavy atom. The van der Waals surface area contributed by atoms with Gasteiger partial charge in [-0.1, -0.05) is 18.2 Å². The van der Waals surface area contributed by atoms with E-state index in [4.69, 9.17) is 0 Å². The van der Waals surface area contributed by atoms with Crippen LogP contribution in [-0.4, -0.2) is 43.1 Å². The van der Waals surface area contributed by atoms with Crippen LogP contribution in [-0.2, 0) is 4.79 Å². The Bertz CT molecular complexity index is 604. The molecule has 1 aliphatic heterocycles. The van der Waals surface area contributed by atoms with Crippen molar-refractivity contribution in [1.29, 1.82) is 0 Å². The van der Waals surface area contributed by atoms with Gasteiger partial charge < -0.3 is 10.2 Å². The lowest BCUT2D eigenvalue weighted by Crippen LogP contribution is -2.60. The van der Waals surface area contributed by atoms with E-state index >= 15 is 0 Å². The van der Waals surface area contributed by atoms with Crippen molar-refractivity contribution >= 4 is 11.6 Å². The molecule has 1 heterocycles. The molecule has 1 fully saturated rings. The molecule has 1 amide bonds. The average molecular weight is 372 g/mol. The summed E-state index contributed by atoms with van der Waals surface area (Å²) in [5.41, 5.74) is 0.742. The second kappa shape index (κ2) is 6.72. The smallest absolute Gasteiger partial charge is 0.367 e. The molecule has 0 spiro atoms. The second-order valence-corrected chi connectivity index (χ2v) is 5.68. The van der Waals surface area contributed by atoms with E-state index < -0.39 is 36.5 Å². The Balaban J connectivity index is 2.04. The Kier molecular flexibility index (Phi) is 5.19. The first kappa shape index (κ1) is 19.3. The number of nitrogens with zero attached hydrogens (tertiary/aromatic N) is 1. The molecule has 140 valence electrons. The van der Waals surface area contributed by atoms with Crippen LogP contribution in [0.3, 0.4) is 0 Å². The zero-order valence-corrected chi connectivity index (χ0v) is 12.8. The molecule has 0 aromatic heterocycles. The molecular weight excluding hydrogens is 357 g/mol. The van der Waals surface area contributed by atoms with Crippen molar-refractivity contribution in [3.05, 3.63) is 30.3 Å². The highest BCUT2D eigenvalue weighted by Crippen LogP contribution is 2.46. The van der Waals surface area contributed by atoms with Crippen LogP contribution in [0.1, 0.15) is 12.8 Å². The maximum Gasteiger partial charge on any atom is 0.460 e. The highest BCUT2D eigenvalue weighted by Gasteiger charge is 2.76. The van der Waals surface area contributed by atoms with Gasteiger partial charge in [0.05, 0.1) is 0 Å². The summed E-state index contributed by atoms with van der Waals surface area (Å²) in [7, 11) is 0. The van der Waals surface area contributed by atoms with Crippen LogP contribution in [0.2, 0.25) is 0 Å². The summed E-state index contributed by atoms with van der Waals surface area (Å²) in [6.07, 6.45) is -5.38. The van der Waals surface area contributed by atoms with Gasteiger partial charge in [-0.2, -0.15) is 30.7 Å². The van der Waals surface area contributed by atoms with Crippen LogP contribution in [0.4, 0.5) is 36.4 Å². The number of alkyl halides is 7. The van der Waals surface area contributed by atoms with Crippen LogP contribution in [0.15, 0.2) is 30.3 Å². The van der Waals surface area contributed by atoms with Crippen molar-refractivity contribution in [2.45, 2.75) is 36.9 Å². The zero-order valence-electron chi connectivity index (χ0n) is 12.8. The van der Waals surface area contributed by atoms with Gasteiger partial charge in [0.25, 0.3) is 5.91 Å². The average Bonchev–Trinajstić information content (AvgIpc) is 3.00. The number of hydrogen-bond acceptors (Lipinski definition) is 2. The molecule has 0 radical (unpaired) electrons. The molecule has 1 aliphatic rings. The minimum atomic E-state index is -6.53. The number of para-hydroxylation sites is 1. The topological polar surface area (TPSA) is 32.3 Å². The molecule has 0 aliphatic carbocycles. The Labute approximate surface area is 138 Å². The fourth-order valence-electron chi connectivity index (χ4n) is 2.65. The molecule has 0 bridgehead atoms. The van der Waals surface area contributed by atoms with Crippen LogP contribution in [0.25, 0.3) is 0 Å². The fraction of sp³-hybridized carbons (Fsp3) is 0.533. The van der Waals surface area contributed by atoms with E-state index in [1.165, 1.54) is 5.32 Å². The Morgan fingerprint density at radius 2 is 1.68 bits per heavy atom. The molecular formula is C15H15F7N2O. The molecule has 3 nitrogen and oxygen atoms in total. The monoisotopic (exact) mass is 372 g/mol. The van der Waals surface area contributed by atoms with Gasteiger partial charge in [0.1, 0.15) is 0 Å². The van der Waals surface area contributed by atoms with E-state index in [1.54, 1.807) is 35.2 Å². The normalized spacial score (nSPS) is 19.2. The molecule has 1 atom stereocenters. The summed E-state index contributed by atoms with van der Waals surface area (Å²) in [5, 5.41) is 1.53. The highest BCUT2D eigenvalue weighted by molar-refractivity contribution is 5.84. The van der Waals surface area contributed by atoms with Crippen LogP contribution in [0.5, 0.6) is 0 Å². The quantitative estimate of drug-likeness (QED) is 0.801. The summed E-state index contributed by atoms with van der Waals surface area (Å²) < 4.78 is 88.6. The Morgan fingerprint density at radius 3 is 2.24 bits per heavy atom.